The molecule has 0 aromatic heterocycles. The number of carbonyl (C=O) groups excluding carboxylic acids is 1. The highest BCUT2D eigenvalue weighted by atomic mass is 32.1. The van der Waals surface area contributed by atoms with Crippen LogP contribution >= 0.6 is 12.6 Å². The van der Waals surface area contributed by atoms with Gasteiger partial charge in [-0.1, -0.05) is 6.08 Å². The fourth-order valence-electron chi connectivity index (χ4n) is 1.41. The smallest absolute Gasteiger partial charge is 0.339 e. The van der Waals surface area contributed by atoms with E-state index in [-0.39, 0.29) is 31.8 Å². The van der Waals surface area contributed by atoms with Crippen LogP contribution in [-0.2, 0) is 4.79 Å². The van der Waals surface area contributed by atoms with Crippen LogP contribution in [0.4, 0.5) is 13.2 Å². The van der Waals surface area contributed by atoms with Crippen LogP contribution in [-0.4, -0.2) is 35.8 Å². The monoisotopic (exact) mass is 239 g/mol. The first-order valence-corrected chi connectivity index (χ1v) is 5.23. The highest BCUT2D eigenvalue weighted by Crippen LogP contribution is 2.30. The third-order valence-electron chi connectivity index (χ3n) is 2.25. The molecule has 0 atom stereocenters. The predicted octanol–water partition coefficient (Wildman–Crippen LogP) is 2.03. The molecule has 0 aromatic carbocycles. The minimum atomic E-state index is -4.25. The molecule has 15 heavy (non-hydrogen) atoms. The van der Waals surface area contributed by atoms with Gasteiger partial charge in [0.25, 0.3) is 0 Å². The van der Waals surface area contributed by atoms with Crippen molar-refractivity contribution in [3.05, 3.63) is 11.6 Å². The van der Waals surface area contributed by atoms with E-state index in [0.717, 1.165) is 6.08 Å². The van der Waals surface area contributed by atoms with Crippen LogP contribution in [0.2, 0.25) is 0 Å². The van der Waals surface area contributed by atoms with Crippen molar-refractivity contribution in [1.29, 1.82) is 0 Å². The van der Waals surface area contributed by atoms with E-state index in [9.17, 15) is 18.0 Å². The summed E-state index contributed by atoms with van der Waals surface area (Å²) in [6.45, 7) is 0.208. The second kappa shape index (κ2) is 4.92. The van der Waals surface area contributed by atoms with Gasteiger partial charge in [0.05, 0.1) is 0 Å². The number of nitrogens with zero attached hydrogens (tertiary/aromatic N) is 1. The van der Waals surface area contributed by atoms with Gasteiger partial charge in [-0.15, -0.1) is 0 Å². The molecular formula is C9H12F3NOS. The van der Waals surface area contributed by atoms with Crippen molar-refractivity contribution in [2.45, 2.75) is 19.0 Å². The summed E-state index contributed by atoms with van der Waals surface area (Å²) in [5, 5.41) is 0. The van der Waals surface area contributed by atoms with Crippen molar-refractivity contribution < 1.29 is 18.0 Å². The summed E-state index contributed by atoms with van der Waals surface area (Å²) < 4.78 is 36.7. The van der Waals surface area contributed by atoms with E-state index in [4.69, 9.17) is 0 Å². The molecule has 0 radical (unpaired) electrons. The molecule has 0 spiro atoms. The van der Waals surface area contributed by atoms with Crippen LogP contribution in [0.25, 0.3) is 0 Å². The van der Waals surface area contributed by atoms with E-state index in [1.807, 2.05) is 0 Å². The quantitative estimate of drug-likeness (QED) is 0.577. The zero-order chi connectivity index (χ0) is 11.5. The number of carbonyl (C=O) groups is 1. The summed E-state index contributed by atoms with van der Waals surface area (Å²) in [6.07, 6.45) is -3.00. The Hall–Kier alpha value is -0.650. The van der Waals surface area contributed by atoms with Gasteiger partial charge in [0.1, 0.15) is 0 Å². The molecule has 0 aliphatic carbocycles. The summed E-state index contributed by atoms with van der Waals surface area (Å²) in [4.78, 5) is 12.7. The molecule has 86 valence electrons. The van der Waals surface area contributed by atoms with Crippen molar-refractivity contribution in [3.8, 4) is 0 Å². The number of thiol groups is 1. The van der Waals surface area contributed by atoms with E-state index < -0.39 is 11.7 Å². The van der Waals surface area contributed by atoms with E-state index >= 15 is 0 Å². The molecule has 6 heteroatoms. The third-order valence-corrected chi connectivity index (χ3v) is 2.48. The Kier molecular flexibility index (Phi) is 4.07. The van der Waals surface area contributed by atoms with Gasteiger partial charge in [-0.25, -0.2) is 0 Å². The van der Waals surface area contributed by atoms with Crippen LogP contribution in [0, 0.1) is 0 Å². The molecule has 0 unspecified atom stereocenters. The maximum absolute atomic E-state index is 12.2. The van der Waals surface area contributed by atoms with Crippen LogP contribution < -0.4 is 0 Å². The zero-order valence-corrected chi connectivity index (χ0v) is 8.94. The highest BCUT2D eigenvalue weighted by molar-refractivity contribution is 7.80. The second-order valence-electron chi connectivity index (χ2n) is 3.29. The van der Waals surface area contributed by atoms with Gasteiger partial charge in [0, 0.05) is 25.1 Å². The lowest BCUT2D eigenvalue weighted by Crippen LogP contribution is -2.36. The fraction of sp³-hybridized carbons (Fsp3) is 0.667. The number of hydrogen-bond acceptors (Lipinski definition) is 2. The lowest BCUT2D eigenvalue weighted by molar-refractivity contribution is -0.131. The molecule has 0 saturated carbocycles. The summed E-state index contributed by atoms with van der Waals surface area (Å²) >= 11 is 3.90. The molecule has 0 fully saturated rings. The standard InChI is InChI=1S/C9H12F3NOS/c10-9(11,12)7-1-4-13(5-2-7)8(14)3-6-15/h1,15H,2-6H2. The molecule has 0 bridgehead atoms. The Morgan fingerprint density at radius 2 is 2.20 bits per heavy atom. The Labute approximate surface area is 91.5 Å². The van der Waals surface area contributed by atoms with Crippen molar-refractivity contribution in [2.75, 3.05) is 18.8 Å². The largest absolute Gasteiger partial charge is 0.412 e. The maximum Gasteiger partial charge on any atom is 0.412 e. The maximum atomic E-state index is 12.2. The lowest BCUT2D eigenvalue weighted by atomic mass is 10.1. The highest BCUT2D eigenvalue weighted by Gasteiger charge is 2.35. The Morgan fingerprint density at radius 1 is 1.53 bits per heavy atom. The van der Waals surface area contributed by atoms with Gasteiger partial charge in [-0.2, -0.15) is 25.8 Å². The topological polar surface area (TPSA) is 20.3 Å². The second-order valence-corrected chi connectivity index (χ2v) is 3.74. The number of hydrogen-bond donors (Lipinski definition) is 1. The first-order valence-electron chi connectivity index (χ1n) is 4.60. The number of amides is 1. The Bertz CT molecular complexity index is 275. The van der Waals surface area contributed by atoms with Crippen molar-refractivity contribution >= 4 is 18.5 Å². The minimum Gasteiger partial charge on any atom is -0.339 e. The van der Waals surface area contributed by atoms with E-state index in [0.29, 0.717) is 5.75 Å². The first kappa shape index (κ1) is 12.4. The van der Waals surface area contributed by atoms with Gasteiger partial charge in [0.15, 0.2) is 0 Å². The average Bonchev–Trinajstić information content (AvgIpc) is 2.17. The van der Waals surface area contributed by atoms with Crippen LogP contribution in [0.15, 0.2) is 11.6 Å². The van der Waals surface area contributed by atoms with Gasteiger partial charge in [0.2, 0.25) is 5.91 Å². The van der Waals surface area contributed by atoms with Gasteiger partial charge < -0.3 is 4.90 Å². The normalized spacial score (nSPS) is 17.6. The van der Waals surface area contributed by atoms with Gasteiger partial charge in [-0.05, 0) is 12.2 Å². The summed E-state index contributed by atoms with van der Waals surface area (Å²) in [7, 11) is 0. The number of halogens is 3. The zero-order valence-electron chi connectivity index (χ0n) is 8.05. The van der Waals surface area contributed by atoms with E-state index in [1.54, 1.807) is 0 Å². The first-order chi connectivity index (χ1) is 6.95. The predicted molar refractivity (Wildman–Crippen MR) is 53.8 cm³/mol. The molecule has 0 saturated heterocycles. The SMILES string of the molecule is O=C(CCS)N1CC=C(C(F)(F)F)CC1. The molecule has 0 N–H and O–H groups in total. The molecule has 2 nitrogen and oxygen atoms in total. The Balaban J connectivity index is 2.54. The van der Waals surface area contributed by atoms with Crippen molar-refractivity contribution in [1.82, 2.24) is 4.90 Å². The van der Waals surface area contributed by atoms with Crippen LogP contribution in [0.1, 0.15) is 12.8 Å². The molecule has 1 aliphatic heterocycles. The third kappa shape index (κ3) is 3.44. The molecule has 1 rings (SSSR count). The fourth-order valence-corrected chi connectivity index (χ4v) is 1.60. The summed E-state index contributed by atoms with van der Waals surface area (Å²) in [5.41, 5.74) is -0.530. The lowest BCUT2D eigenvalue weighted by Gasteiger charge is -2.27. The molecular weight excluding hydrogens is 227 g/mol. The number of alkyl halides is 3. The molecule has 1 heterocycles. The molecule has 1 aliphatic rings. The van der Waals surface area contributed by atoms with E-state index in [1.165, 1.54) is 4.90 Å². The molecule has 1 amide bonds. The van der Waals surface area contributed by atoms with E-state index in [2.05, 4.69) is 12.6 Å². The summed E-state index contributed by atoms with van der Waals surface area (Å²) in [5.74, 6) is 0.285. The summed E-state index contributed by atoms with van der Waals surface area (Å²) in [6, 6.07) is 0. The van der Waals surface area contributed by atoms with Crippen molar-refractivity contribution in [2.24, 2.45) is 0 Å². The van der Waals surface area contributed by atoms with Crippen molar-refractivity contribution in [3.63, 3.8) is 0 Å². The molecule has 0 aromatic rings. The van der Waals surface area contributed by atoms with Gasteiger partial charge in [-0.3, -0.25) is 4.79 Å². The average molecular weight is 239 g/mol. The number of rotatable bonds is 2. The minimum absolute atomic E-state index is 0.0570. The van der Waals surface area contributed by atoms with Crippen LogP contribution in [0.5, 0.6) is 0 Å². The van der Waals surface area contributed by atoms with Crippen LogP contribution in [0.3, 0.4) is 0 Å². The Morgan fingerprint density at radius 3 is 2.60 bits per heavy atom. The van der Waals surface area contributed by atoms with Gasteiger partial charge >= 0.3 is 6.18 Å².